The summed E-state index contributed by atoms with van der Waals surface area (Å²) in [7, 11) is 0. The second kappa shape index (κ2) is 4.80. The van der Waals surface area contributed by atoms with Gasteiger partial charge in [-0.2, -0.15) is 0 Å². The van der Waals surface area contributed by atoms with Crippen LogP contribution in [-0.2, 0) is 4.74 Å². The summed E-state index contributed by atoms with van der Waals surface area (Å²) in [6.45, 7) is 6.58. The molecule has 1 aromatic heterocycles. The Balaban J connectivity index is 1.76. The zero-order chi connectivity index (χ0) is 13.2. The number of likely N-dealkylation sites (tertiary alicyclic amines) is 1. The Kier molecular flexibility index (Phi) is 3.36. The van der Waals surface area contributed by atoms with Gasteiger partial charge in [0.25, 0.3) is 0 Å². The van der Waals surface area contributed by atoms with Gasteiger partial charge in [0, 0.05) is 12.4 Å². The predicted molar refractivity (Wildman–Crippen MR) is 64.3 cm³/mol. The van der Waals surface area contributed by atoms with Crippen molar-refractivity contribution in [2.45, 2.75) is 32.5 Å². The van der Waals surface area contributed by atoms with Crippen LogP contribution < -0.4 is 4.74 Å². The molecule has 0 saturated carbocycles. The molecule has 18 heavy (non-hydrogen) atoms. The lowest BCUT2D eigenvalue weighted by molar-refractivity contribution is -0.0233. The van der Waals surface area contributed by atoms with Gasteiger partial charge >= 0.3 is 6.09 Å². The first-order valence-corrected chi connectivity index (χ1v) is 5.84. The van der Waals surface area contributed by atoms with Crippen LogP contribution >= 0.6 is 0 Å². The highest BCUT2D eigenvalue weighted by Crippen LogP contribution is 2.18. The van der Waals surface area contributed by atoms with E-state index in [2.05, 4.69) is 9.97 Å². The molecule has 98 valence electrons. The molecule has 0 aliphatic carbocycles. The molecule has 0 bridgehead atoms. The van der Waals surface area contributed by atoms with Crippen molar-refractivity contribution >= 4 is 6.09 Å². The van der Waals surface area contributed by atoms with Crippen molar-refractivity contribution in [2.75, 3.05) is 13.1 Å². The minimum atomic E-state index is -0.464. The molecule has 6 nitrogen and oxygen atoms in total. The van der Waals surface area contributed by atoms with E-state index in [1.54, 1.807) is 23.5 Å². The van der Waals surface area contributed by atoms with Gasteiger partial charge in [-0.05, 0) is 20.8 Å². The molecule has 6 heteroatoms. The Bertz CT molecular complexity index is 410. The number of hydrogen-bond acceptors (Lipinski definition) is 5. The molecule has 0 spiro atoms. The topological polar surface area (TPSA) is 64.5 Å². The fourth-order valence-corrected chi connectivity index (χ4v) is 1.51. The first-order chi connectivity index (χ1) is 8.44. The quantitative estimate of drug-likeness (QED) is 0.796. The molecule has 1 aliphatic rings. The van der Waals surface area contributed by atoms with E-state index < -0.39 is 5.60 Å². The van der Waals surface area contributed by atoms with Crippen LogP contribution in [0.2, 0.25) is 0 Å². The summed E-state index contributed by atoms with van der Waals surface area (Å²) in [6.07, 6.45) is 4.37. The minimum Gasteiger partial charge on any atom is -0.469 e. The van der Waals surface area contributed by atoms with E-state index >= 15 is 0 Å². The Morgan fingerprint density at radius 1 is 1.39 bits per heavy atom. The Labute approximate surface area is 106 Å². The summed E-state index contributed by atoms with van der Waals surface area (Å²) in [5.74, 6) is 0.478. The molecule has 0 N–H and O–H groups in total. The van der Waals surface area contributed by atoms with Gasteiger partial charge in [0.05, 0.1) is 19.3 Å². The smallest absolute Gasteiger partial charge is 0.410 e. The molecule has 0 atom stereocenters. The average molecular weight is 251 g/mol. The highest BCUT2D eigenvalue weighted by molar-refractivity contribution is 5.69. The molecule has 0 unspecified atom stereocenters. The van der Waals surface area contributed by atoms with Crippen molar-refractivity contribution in [1.29, 1.82) is 0 Å². The highest BCUT2D eigenvalue weighted by atomic mass is 16.6. The molecule has 1 aliphatic heterocycles. The van der Waals surface area contributed by atoms with E-state index in [1.807, 2.05) is 20.8 Å². The Morgan fingerprint density at radius 3 is 2.67 bits per heavy atom. The van der Waals surface area contributed by atoms with Gasteiger partial charge in [-0.25, -0.2) is 9.78 Å². The number of rotatable bonds is 2. The fraction of sp³-hybridized carbons (Fsp3) is 0.583. The fourth-order valence-electron chi connectivity index (χ4n) is 1.51. The minimum absolute atomic E-state index is 0.0331. The largest absolute Gasteiger partial charge is 0.469 e. The second-order valence-corrected chi connectivity index (χ2v) is 5.17. The van der Waals surface area contributed by atoms with Gasteiger partial charge in [0.2, 0.25) is 5.88 Å². The molecule has 2 rings (SSSR count). The third-order valence-electron chi connectivity index (χ3n) is 2.33. The SMILES string of the molecule is CC(C)(C)OC(=O)N1CC(Oc2cnccn2)C1. The summed E-state index contributed by atoms with van der Waals surface area (Å²) in [4.78, 5) is 21.2. The first-order valence-electron chi connectivity index (χ1n) is 5.84. The van der Waals surface area contributed by atoms with Crippen molar-refractivity contribution in [3.05, 3.63) is 18.6 Å². The second-order valence-electron chi connectivity index (χ2n) is 5.17. The maximum atomic E-state index is 11.7. The molecule has 2 heterocycles. The first kappa shape index (κ1) is 12.6. The van der Waals surface area contributed by atoms with Crippen LogP contribution in [0.3, 0.4) is 0 Å². The van der Waals surface area contributed by atoms with Crippen LogP contribution in [0.15, 0.2) is 18.6 Å². The molecule has 0 aromatic carbocycles. The zero-order valence-corrected chi connectivity index (χ0v) is 10.8. The van der Waals surface area contributed by atoms with Crippen LogP contribution in [-0.4, -0.2) is 45.8 Å². The number of carbonyl (C=O) groups is 1. The van der Waals surface area contributed by atoms with Gasteiger partial charge in [-0.15, -0.1) is 0 Å². The van der Waals surface area contributed by atoms with Gasteiger partial charge < -0.3 is 14.4 Å². The predicted octanol–water partition coefficient (Wildman–Crippen LogP) is 1.47. The van der Waals surface area contributed by atoms with Crippen LogP contribution in [0.5, 0.6) is 5.88 Å². The summed E-state index contributed by atoms with van der Waals surface area (Å²) in [5.41, 5.74) is -0.464. The van der Waals surface area contributed by atoms with Gasteiger partial charge in [-0.3, -0.25) is 4.98 Å². The molecule has 0 radical (unpaired) electrons. The molecular weight excluding hydrogens is 234 g/mol. The number of nitrogens with zero attached hydrogens (tertiary/aromatic N) is 3. The average Bonchev–Trinajstić information content (AvgIpc) is 2.21. The third-order valence-corrected chi connectivity index (χ3v) is 2.33. The van der Waals surface area contributed by atoms with Crippen LogP contribution in [0, 0.1) is 0 Å². The molecule has 1 aromatic rings. The number of hydrogen-bond donors (Lipinski definition) is 0. The van der Waals surface area contributed by atoms with Gasteiger partial charge in [0.1, 0.15) is 11.7 Å². The monoisotopic (exact) mass is 251 g/mol. The van der Waals surface area contributed by atoms with E-state index in [1.165, 1.54) is 0 Å². The van der Waals surface area contributed by atoms with Crippen molar-refractivity contribution < 1.29 is 14.3 Å². The van der Waals surface area contributed by atoms with E-state index in [4.69, 9.17) is 9.47 Å². The number of amides is 1. The van der Waals surface area contributed by atoms with Crippen LogP contribution in [0.1, 0.15) is 20.8 Å². The standard InChI is InChI=1S/C12H17N3O3/c1-12(2,3)18-11(16)15-7-9(8-15)17-10-6-13-4-5-14-10/h4-6,9H,7-8H2,1-3H3. The van der Waals surface area contributed by atoms with Crippen molar-refractivity contribution in [2.24, 2.45) is 0 Å². The van der Waals surface area contributed by atoms with Crippen LogP contribution in [0.4, 0.5) is 4.79 Å². The molecular formula is C12H17N3O3. The van der Waals surface area contributed by atoms with Crippen LogP contribution in [0.25, 0.3) is 0 Å². The van der Waals surface area contributed by atoms with Gasteiger partial charge in [-0.1, -0.05) is 0 Å². The Hall–Kier alpha value is -1.85. The van der Waals surface area contributed by atoms with Crippen molar-refractivity contribution in [3.63, 3.8) is 0 Å². The molecule has 1 fully saturated rings. The Morgan fingerprint density at radius 2 is 2.11 bits per heavy atom. The maximum Gasteiger partial charge on any atom is 0.410 e. The van der Waals surface area contributed by atoms with Gasteiger partial charge in [0.15, 0.2) is 0 Å². The lowest BCUT2D eigenvalue weighted by Gasteiger charge is -2.39. The van der Waals surface area contributed by atoms with Crippen molar-refractivity contribution in [3.8, 4) is 5.88 Å². The normalized spacial score (nSPS) is 16.1. The molecule has 1 amide bonds. The lowest BCUT2D eigenvalue weighted by Crippen LogP contribution is -2.57. The zero-order valence-electron chi connectivity index (χ0n) is 10.8. The summed E-state index contributed by atoms with van der Waals surface area (Å²) in [5, 5.41) is 0. The van der Waals surface area contributed by atoms with E-state index in [9.17, 15) is 4.79 Å². The third kappa shape index (κ3) is 3.32. The van der Waals surface area contributed by atoms with E-state index in [0.717, 1.165) is 0 Å². The lowest BCUT2D eigenvalue weighted by atomic mass is 10.2. The van der Waals surface area contributed by atoms with E-state index in [0.29, 0.717) is 19.0 Å². The summed E-state index contributed by atoms with van der Waals surface area (Å²) >= 11 is 0. The van der Waals surface area contributed by atoms with Crippen molar-refractivity contribution in [1.82, 2.24) is 14.9 Å². The maximum absolute atomic E-state index is 11.7. The number of aromatic nitrogens is 2. The number of ether oxygens (including phenoxy) is 2. The molecule has 1 saturated heterocycles. The highest BCUT2D eigenvalue weighted by Gasteiger charge is 2.35. The van der Waals surface area contributed by atoms with E-state index in [-0.39, 0.29) is 12.2 Å². The summed E-state index contributed by atoms with van der Waals surface area (Å²) in [6, 6.07) is 0. The number of carbonyl (C=O) groups excluding carboxylic acids is 1. The summed E-state index contributed by atoms with van der Waals surface area (Å²) < 4.78 is 10.8.